The SMILES string of the molecule is Fc1cc(-c2ccc(C(F)(F)F)cc2)c(Cl)cn1.Fc1cc(I)c(Cl)cn1. The molecule has 0 aliphatic rings. The number of hydrogen-bond donors (Lipinski definition) is 0. The van der Waals surface area contributed by atoms with Gasteiger partial charge in [-0.05, 0) is 40.3 Å². The summed E-state index contributed by atoms with van der Waals surface area (Å²) in [6.45, 7) is 0. The zero-order valence-corrected chi connectivity index (χ0v) is 16.7. The minimum Gasteiger partial charge on any atom is -0.227 e. The summed E-state index contributed by atoms with van der Waals surface area (Å²) in [7, 11) is 0. The van der Waals surface area contributed by atoms with E-state index >= 15 is 0 Å². The van der Waals surface area contributed by atoms with Gasteiger partial charge in [0.05, 0.1) is 15.6 Å². The number of alkyl halides is 3. The van der Waals surface area contributed by atoms with Crippen molar-refractivity contribution in [2.45, 2.75) is 6.18 Å². The summed E-state index contributed by atoms with van der Waals surface area (Å²) in [4.78, 5) is 6.68. The first-order valence-corrected chi connectivity index (χ1v) is 8.86. The number of rotatable bonds is 1. The highest BCUT2D eigenvalue weighted by atomic mass is 127. The van der Waals surface area contributed by atoms with Crippen molar-refractivity contribution in [1.29, 1.82) is 0 Å². The lowest BCUT2D eigenvalue weighted by molar-refractivity contribution is -0.137. The van der Waals surface area contributed by atoms with Gasteiger partial charge >= 0.3 is 6.18 Å². The zero-order chi connectivity index (χ0) is 20.2. The molecule has 2 aromatic heterocycles. The molecule has 0 unspecified atom stereocenters. The molecule has 10 heteroatoms. The average molecular weight is 533 g/mol. The second kappa shape index (κ2) is 9.11. The summed E-state index contributed by atoms with van der Waals surface area (Å²) in [5, 5.41) is 0.660. The second-order valence-corrected chi connectivity index (χ2v) is 6.96. The van der Waals surface area contributed by atoms with E-state index < -0.39 is 23.6 Å². The zero-order valence-electron chi connectivity index (χ0n) is 13.0. The van der Waals surface area contributed by atoms with Gasteiger partial charge in [-0.15, -0.1) is 0 Å². The third-order valence-corrected chi connectivity index (χ3v) is 4.93. The predicted molar refractivity (Wildman–Crippen MR) is 102 cm³/mol. The first-order chi connectivity index (χ1) is 12.6. The Kier molecular flexibility index (Phi) is 7.35. The Morgan fingerprint density at radius 3 is 1.81 bits per heavy atom. The molecule has 3 rings (SSSR count). The van der Waals surface area contributed by atoms with Crippen molar-refractivity contribution in [2.24, 2.45) is 0 Å². The van der Waals surface area contributed by atoms with Gasteiger partial charge in [-0.3, -0.25) is 0 Å². The van der Waals surface area contributed by atoms with E-state index in [9.17, 15) is 22.0 Å². The maximum Gasteiger partial charge on any atom is 0.416 e. The fraction of sp³-hybridized carbons (Fsp3) is 0.0588. The van der Waals surface area contributed by atoms with Gasteiger partial charge in [0.2, 0.25) is 11.9 Å². The Balaban J connectivity index is 0.000000244. The fourth-order valence-electron chi connectivity index (χ4n) is 1.86. The van der Waals surface area contributed by atoms with Crippen LogP contribution in [0.15, 0.2) is 48.8 Å². The average Bonchev–Trinajstić information content (AvgIpc) is 2.60. The van der Waals surface area contributed by atoms with Crippen molar-refractivity contribution >= 4 is 45.8 Å². The van der Waals surface area contributed by atoms with Gasteiger partial charge in [-0.2, -0.15) is 22.0 Å². The van der Waals surface area contributed by atoms with Crippen LogP contribution in [-0.4, -0.2) is 9.97 Å². The van der Waals surface area contributed by atoms with E-state index in [2.05, 4.69) is 9.97 Å². The molecular formula is C17H8Cl2F5IN2. The van der Waals surface area contributed by atoms with Gasteiger partial charge in [-0.1, -0.05) is 35.3 Å². The van der Waals surface area contributed by atoms with Crippen molar-refractivity contribution in [3.8, 4) is 11.1 Å². The molecule has 142 valence electrons. The van der Waals surface area contributed by atoms with Gasteiger partial charge < -0.3 is 0 Å². The lowest BCUT2D eigenvalue weighted by Gasteiger charge is -2.08. The third-order valence-electron chi connectivity index (χ3n) is 3.12. The van der Waals surface area contributed by atoms with Crippen LogP contribution < -0.4 is 0 Å². The van der Waals surface area contributed by atoms with E-state index in [1.165, 1.54) is 24.4 Å². The highest BCUT2D eigenvalue weighted by molar-refractivity contribution is 14.1. The lowest BCUT2D eigenvalue weighted by atomic mass is 10.0. The standard InChI is InChI=1S/C12H6ClF4N.C5H2ClFIN/c13-10-6-18-11(14)5-9(10)7-1-3-8(4-2-7)12(15,16)17;6-3-2-9-5(7)1-4(3)8/h1-6H;1-2H. The monoisotopic (exact) mass is 532 g/mol. The van der Waals surface area contributed by atoms with Crippen LogP contribution in [0, 0.1) is 15.5 Å². The van der Waals surface area contributed by atoms with Gasteiger partial charge in [-0.25, -0.2) is 9.97 Å². The van der Waals surface area contributed by atoms with Gasteiger partial charge in [0.15, 0.2) is 0 Å². The molecule has 0 saturated heterocycles. The molecule has 2 nitrogen and oxygen atoms in total. The number of nitrogens with zero attached hydrogens (tertiary/aromatic N) is 2. The summed E-state index contributed by atoms with van der Waals surface area (Å²) in [5.41, 5.74) is -0.0657. The Labute approximate surface area is 174 Å². The van der Waals surface area contributed by atoms with Crippen LogP contribution in [0.5, 0.6) is 0 Å². The summed E-state index contributed by atoms with van der Waals surface area (Å²) in [6, 6.07) is 6.68. The van der Waals surface area contributed by atoms with Crippen LogP contribution in [-0.2, 0) is 6.18 Å². The normalized spacial score (nSPS) is 11.0. The Morgan fingerprint density at radius 2 is 1.33 bits per heavy atom. The van der Waals surface area contributed by atoms with Crippen molar-refractivity contribution < 1.29 is 22.0 Å². The minimum atomic E-state index is -4.40. The minimum absolute atomic E-state index is 0.177. The third kappa shape index (κ3) is 6.25. The topological polar surface area (TPSA) is 25.8 Å². The Hall–Kier alpha value is -1.52. The van der Waals surface area contributed by atoms with Crippen molar-refractivity contribution in [1.82, 2.24) is 9.97 Å². The molecule has 2 heterocycles. The van der Waals surface area contributed by atoms with Gasteiger partial charge in [0, 0.05) is 33.7 Å². The first-order valence-electron chi connectivity index (χ1n) is 7.03. The number of hydrogen-bond acceptors (Lipinski definition) is 2. The molecule has 0 atom stereocenters. The number of aromatic nitrogens is 2. The Bertz CT molecular complexity index is 934. The molecule has 1 aromatic carbocycles. The first kappa shape index (κ1) is 21.8. The van der Waals surface area contributed by atoms with E-state index in [1.807, 2.05) is 22.6 Å². The smallest absolute Gasteiger partial charge is 0.227 e. The van der Waals surface area contributed by atoms with Crippen LogP contribution in [0.1, 0.15) is 5.56 Å². The van der Waals surface area contributed by atoms with E-state index in [0.29, 0.717) is 19.7 Å². The summed E-state index contributed by atoms with van der Waals surface area (Å²) >= 11 is 13.3. The van der Waals surface area contributed by atoms with Crippen molar-refractivity contribution in [3.63, 3.8) is 0 Å². The molecule has 0 radical (unpaired) electrons. The fourth-order valence-corrected chi connectivity index (χ4v) is 2.58. The van der Waals surface area contributed by atoms with Crippen LogP contribution >= 0.6 is 45.8 Å². The molecule has 0 amide bonds. The molecule has 0 fully saturated rings. The van der Waals surface area contributed by atoms with Crippen LogP contribution in [0.4, 0.5) is 22.0 Å². The molecule has 0 aliphatic heterocycles. The second-order valence-electron chi connectivity index (χ2n) is 4.98. The largest absolute Gasteiger partial charge is 0.416 e. The lowest BCUT2D eigenvalue weighted by Crippen LogP contribution is -2.04. The number of halogens is 8. The molecule has 3 aromatic rings. The predicted octanol–water partition coefficient (Wildman–Crippen LogP) is 7.04. The molecule has 0 spiro atoms. The van der Waals surface area contributed by atoms with Crippen molar-refractivity contribution in [3.05, 3.63) is 79.9 Å². The maximum atomic E-state index is 13.0. The number of benzene rings is 1. The van der Waals surface area contributed by atoms with Gasteiger partial charge in [0.25, 0.3) is 0 Å². The van der Waals surface area contributed by atoms with E-state index in [1.54, 1.807) is 0 Å². The molecule has 0 aliphatic carbocycles. The molecule has 0 saturated carbocycles. The van der Waals surface area contributed by atoms with E-state index in [0.717, 1.165) is 24.4 Å². The summed E-state index contributed by atoms with van der Waals surface area (Å²) in [5.74, 6) is -1.24. The van der Waals surface area contributed by atoms with Crippen LogP contribution in [0.2, 0.25) is 10.0 Å². The van der Waals surface area contributed by atoms with Crippen molar-refractivity contribution in [2.75, 3.05) is 0 Å². The van der Waals surface area contributed by atoms with Crippen LogP contribution in [0.3, 0.4) is 0 Å². The molecule has 0 N–H and O–H groups in total. The van der Waals surface area contributed by atoms with Gasteiger partial charge in [0.1, 0.15) is 0 Å². The van der Waals surface area contributed by atoms with E-state index in [4.69, 9.17) is 23.2 Å². The number of pyridine rings is 2. The summed E-state index contributed by atoms with van der Waals surface area (Å²) < 4.78 is 62.9. The van der Waals surface area contributed by atoms with Crippen LogP contribution in [0.25, 0.3) is 11.1 Å². The molecule has 27 heavy (non-hydrogen) atoms. The quantitative estimate of drug-likeness (QED) is 0.191. The highest BCUT2D eigenvalue weighted by Gasteiger charge is 2.30. The van der Waals surface area contributed by atoms with E-state index in [-0.39, 0.29) is 5.02 Å². The highest BCUT2D eigenvalue weighted by Crippen LogP contribution is 2.32. The summed E-state index contributed by atoms with van der Waals surface area (Å²) in [6.07, 6.45) is -1.99. The molecule has 0 bridgehead atoms. The Morgan fingerprint density at radius 1 is 0.815 bits per heavy atom. The molecular weight excluding hydrogens is 525 g/mol. The maximum absolute atomic E-state index is 13.0.